The number of fused-ring (bicyclic) bond motifs is 1. The Morgan fingerprint density at radius 2 is 1.86 bits per heavy atom. The van der Waals surface area contributed by atoms with E-state index in [1.165, 1.54) is 0 Å². The molecule has 1 amide bonds. The largest absolute Gasteiger partial charge is 0.462 e. The number of esters is 2. The molecule has 0 aromatic rings. The summed E-state index contributed by atoms with van der Waals surface area (Å²) < 4.78 is 34.9. The predicted molar refractivity (Wildman–Crippen MR) is 138 cm³/mol. The standard InChI is InChI=1S/C27H45NO8S/c1-6-27(3,4)26(32)36-22-12-18(28-23(30)15-37(5,33)34)11-17-8-7-16(2)21(25(17)22)10-9-20-13-19(29)14-24(31)35-20/h16-22,25,29H,6-15H2,1-5H3,(H,28,30)/t16-,17-,18-,19+,20-,21-,22-,25-/m0/s1. The lowest BCUT2D eigenvalue weighted by molar-refractivity contribution is -0.173. The van der Waals surface area contributed by atoms with Crippen molar-refractivity contribution in [3.8, 4) is 0 Å². The first kappa shape index (κ1) is 29.9. The van der Waals surface area contributed by atoms with E-state index in [-0.39, 0.29) is 48.3 Å². The summed E-state index contributed by atoms with van der Waals surface area (Å²) in [7, 11) is -3.45. The van der Waals surface area contributed by atoms with Crippen molar-refractivity contribution < 1.29 is 37.4 Å². The van der Waals surface area contributed by atoms with Crippen molar-refractivity contribution in [3.63, 3.8) is 0 Å². The van der Waals surface area contributed by atoms with E-state index in [2.05, 4.69) is 12.2 Å². The number of aliphatic hydroxyl groups is 1. The third kappa shape index (κ3) is 8.15. The quantitative estimate of drug-likeness (QED) is 0.424. The number of carbonyl (C=O) groups is 3. The van der Waals surface area contributed by atoms with Gasteiger partial charge in [-0.25, -0.2) is 8.42 Å². The van der Waals surface area contributed by atoms with E-state index in [1.807, 2.05) is 20.8 Å². The van der Waals surface area contributed by atoms with Crippen LogP contribution in [0.5, 0.6) is 0 Å². The molecule has 3 rings (SSSR count). The minimum absolute atomic E-state index is 0.0404. The van der Waals surface area contributed by atoms with Crippen molar-refractivity contribution in [2.45, 2.75) is 110 Å². The zero-order valence-corrected chi connectivity index (χ0v) is 23.7. The number of rotatable bonds is 9. The molecule has 2 N–H and O–H groups in total. The molecule has 0 spiro atoms. The van der Waals surface area contributed by atoms with E-state index in [9.17, 15) is 27.9 Å². The fourth-order valence-corrected chi connectivity index (χ4v) is 7.01. The number of carbonyl (C=O) groups excluding carboxylic acids is 3. The van der Waals surface area contributed by atoms with Gasteiger partial charge in [-0.3, -0.25) is 14.4 Å². The monoisotopic (exact) mass is 543 g/mol. The maximum absolute atomic E-state index is 13.1. The summed E-state index contributed by atoms with van der Waals surface area (Å²) >= 11 is 0. The molecule has 9 nitrogen and oxygen atoms in total. The van der Waals surface area contributed by atoms with Gasteiger partial charge >= 0.3 is 11.9 Å². The molecule has 1 heterocycles. The molecule has 8 atom stereocenters. The number of cyclic esters (lactones) is 1. The first-order valence-electron chi connectivity index (χ1n) is 13.7. The molecule has 10 heteroatoms. The molecule has 0 unspecified atom stereocenters. The van der Waals surface area contributed by atoms with Gasteiger partial charge in [0.1, 0.15) is 18.0 Å². The molecule has 0 radical (unpaired) electrons. The summed E-state index contributed by atoms with van der Waals surface area (Å²) in [5.41, 5.74) is -0.635. The highest BCUT2D eigenvalue weighted by molar-refractivity contribution is 7.91. The van der Waals surface area contributed by atoms with E-state index in [4.69, 9.17) is 9.47 Å². The lowest BCUT2D eigenvalue weighted by Gasteiger charge is -2.51. The third-order valence-corrected chi connectivity index (χ3v) is 9.59. The molecule has 37 heavy (non-hydrogen) atoms. The molecule has 2 aliphatic carbocycles. The number of ether oxygens (including phenoxy) is 2. The lowest BCUT2D eigenvalue weighted by Crippen LogP contribution is -2.54. The maximum atomic E-state index is 13.1. The summed E-state index contributed by atoms with van der Waals surface area (Å²) in [6, 6.07) is -0.262. The van der Waals surface area contributed by atoms with Gasteiger partial charge < -0.3 is 19.9 Å². The van der Waals surface area contributed by atoms with Gasteiger partial charge in [0, 0.05) is 31.1 Å². The number of hydrogen-bond donors (Lipinski definition) is 2. The van der Waals surface area contributed by atoms with Crippen LogP contribution in [0.3, 0.4) is 0 Å². The topological polar surface area (TPSA) is 136 Å². The Balaban J connectivity index is 1.79. The van der Waals surface area contributed by atoms with Crippen LogP contribution in [0, 0.1) is 29.1 Å². The summed E-state index contributed by atoms with van der Waals surface area (Å²) in [5, 5.41) is 12.9. The molecular formula is C27H45NO8S. The van der Waals surface area contributed by atoms with Gasteiger partial charge in [-0.1, -0.05) is 20.3 Å². The van der Waals surface area contributed by atoms with Gasteiger partial charge in [0.25, 0.3) is 0 Å². The number of aliphatic hydroxyl groups excluding tert-OH is 1. The molecule has 2 saturated carbocycles. The van der Waals surface area contributed by atoms with Crippen molar-refractivity contribution in [3.05, 3.63) is 0 Å². The van der Waals surface area contributed by atoms with Gasteiger partial charge in [0.05, 0.1) is 17.9 Å². The Morgan fingerprint density at radius 1 is 1.16 bits per heavy atom. The average molecular weight is 544 g/mol. The number of sulfone groups is 1. The molecule has 3 fully saturated rings. The zero-order chi connectivity index (χ0) is 27.5. The second kappa shape index (κ2) is 12.0. The Labute approximate surface area is 221 Å². The highest BCUT2D eigenvalue weighted by Gasteiger charge is 2.49. The molecule has 0 aromatic heterocycles. The van der Waals surface area contributed by atoms with E-state index >= 15 is 0 Å². The Morgan fingerprint density at radius 3 is 2.49 bits per heavy atom. The number of nitrogens with one attached hydrogen (secondary N) is 1. The van der Waals surface area contributed by atoms with Crippen molar-refractivity contribution in [2.75, 3.05) is 12.0 Å². The van der Waals surface area contributed by atoms with Crippen molar-refractivity contribution in [1.82, 2.24) is 5.32 Å². The van der Waals surface area contributed by atoms with E-state index in [0.29, 0.717) is 38.0 Å². The molecule has 0 bridgehead atoms. The van der Waals surface area contributed by atoms with Crippen molar-refractivity contribution in [1.29, 1.82) is 0 Å². The van der Waals surface area contributed by atoms with Crippen LogP contribution in [-0.4, -0.2) is 67.7 Å². The van der Waals surface area contributed by atoms with Crippen LogP contribution in [-0.2, 0) is 33.7 Å². The van der Waals surface area contributed by atoms with Crippen LogP contribution >= 0.6 is 0 Å². The molecule has 212 valence electrons. The zero-order valence-electron chi connectivity index (χ0n) is 22.9. The summed E-state index contributed by atoms with van der Waals surface area (Å²) in [6.45, 7) is 7.90. The maximum Gasteiger partial charge on any atom is 0.311 e. The minimum Gasteiger partial charge on any atom is -0.462 e. The molecule has 3 aliphatic rings. The average Bonchev–Trinajstić information content (AvgIpc) is 2.76. The smallest absolute Gasteiger partial charge is 0.311 e. The van der Waals surface area contributed by atoms with Gasteiger partial charge in [-0.15, -0.1) is 0 Å². The van der Waals surface area contributed by atoms with Crippen molar-refractivity contribution in [2.24, 2.45) is 29.1 Å². The van der Waals surface area contributed by atoms with E-state index in [1.54, 1.807) is 0 Å². The highest BCUT2D eigenvalue weighted by Crippen LogP contribution is 2.49. The summed E-state index contributed by atoms with van der Waals surface area (Å²) in [4.78, 5) is 37.4. The predicted octanol–water partition coefficient (Wildman–Crippen LogP) is 2.78. The molecule has 0 aromatic carbocycles. The van der Waals surface area contributed by atoms with Gasteiger partial charge in [0.15, 0.2) is 9.84 Å². The minimum atomic E-state index is -3.45. The number of amides is 1. The summed E-state index contributed by atoms with van der Waals surface area (Å²) in [6.07, 6.45) is 5.34. The second-order valence-corrected chi connectivity index (χ2v) is 14.5. The van der Waals surface area contributed by atoms with E-state index < -0.39 is 39.1 Å². The fourth-order valence-electron chi connectivity index (χ4n) is 6.45. The third-order valence-electron chi connectivity index (χ3n) is 8.81. The van der Waals surface area contributed by atoms with Crippen LogP contribution < -0.4 is 5.32 Å². The molecule has 1 saturated heterocycles. The number of hydrogen-bond acceptors (Lipinski definition) is 8. The Hall–Kier alpha value is -1.68. The molecule has 1 aliphatic heterocycles. The van der Waals surface area contributed by atoms with Crippen molar-refractivity contribution >= 4 is 27.7 Å². The molecular weight excluding hydrogens is 498 g/mol. The highest BCUT2D eigenvalue weighted by atomic mass is 32.2. The van der Waals surface area contributed by atoms with Crippen LogP contribution in [0.1, 0.15) is 85.5 Å². The Kier molecular flexibility index (Phi) is 9.70. The van der Waals surface area contributed by atoms with Crippen LogP contribution in [0.15, 0.2) is 0 Å². The van der Waals surface area contributed by atoms with Crippen LogP contribution in [0.2, 0.25) is 0 Å². The normalized spacial score (nSPS) is 34.7. The first-order valence-corrected chi connectivity index (χ1v) is 15.8. The summed E-state index contributed by atoms with van der Waals surface area (Å²) in [5.74, 6) is -0.748. The SMILES string of the molecule is CCC(C)(C)C(=O)O[C@H]1C[C@@H](NC(=O)CS(C)(=O)=O)C[C@@H]2CC[C@H](C)[C@H](CC[C@H]3C[C@@H](O)CC(=O)O3)[C@H]21. The van der Waals surface area contributed by atoms with E-state index in [0.717, 1.165) is 25.5 Å². The lowest BCUT2D eigenvalue weighted by atomic mass is 9.58. The van der Waals surface area contributed by atoms with Gasteiger partial charge in [0.2, 0.25) is 5.91 Å². The Bertz CT molecular complexity index is 948. The second-order valence-electron chi connectivity index (χ2n) is 12.3. The van der Waals surface area contributed by atoms with Crippen LogP contribution in [0.4, 0.5) is 0 Å². The van der Waals surface area contributed by atoms with Gasteiger partial charge in [-0.05, 0) is 63.7 Å². The van der Waals surface area contributed by atoms with Crippen LogP contribution in [0.25, 0.3) is 0 Å². The first-order chi connectivity index (χ1) is 17.2. The van der Waals surface area contributed by atoms with Gasteiger partial charge in [-0.2, -0.15) is 0 Å². The fraction of sp³-hybridized carbons (Fsp3) is 0.889.